The average molecular weight is 358 g/mol. The first-order chi connectivity index (χ1) is 9.58. The summed E-state index contributed by atoms with van der Waals surface area (Å²) in [5.74, 6) is 0.537. The summed E-state index contributed by atoms with van der Waals surface area (Å²) in [6.07, 6.45) is 9.67. The van der Waals surface area contributed by atoms with E-state index in [2.05, 4.69) is 33.2 Å². The highest BCUT2D eigenvalue weighted by atomic mass is 79.9. The molecule has 0 aromatic carbocycles. The summed E-state index contributed by atoms with van der Waals surface area (Å²) in [5, 5.41) is 4.40. The van der Waals surface area contributed by atoms with Crippen molar-refractivity contribution >= 4 is 27.5 Å². The number of nitrogens with zero attached hydrogens (tertiary/aromatic N) is 1. The predicted octanol–water partition coefficient (Wildman–Crippen LogP) is 4.91. The summed E-state index contributed by atoms with van der Waals surface area (Å²) in [7, 11) is 0. The molecule has 20 heavy (non-hydrogen) atoms. The van der Waals surface area contributed by atoms with E-state index in [4.69, 9.17) is 11.6 Å². The lowest BCUT2D eigenvalue weighted by Crippen LogP contribution is -2.44. The van der Waals surface area contributed by atoms with Gasteiger partial charge in [0.1, 0.15) is 0 Å². The van der Waals surface area contributed by atoms with Crippen molar-refractivity contribution in [3.63, 3.8) is 0 Å². The van der Waals surface area contributed by atoms with Gasteiger partial charge in [-0.05, 0) is 73.0 Å². The minimum absolute atomic E-state index is 0.520. The number of hydrogen-bond acceptors (Lipinski definition) is 2. The third-order valence-electron chi connectivity index (χ3n) is 5.05. The van der Waals surface area contributed by atoms with Crippen molar-refractivity contribution in [2.75, 3.05) is 6.54 Å². The maximum atomic E-state index is 6.41. The van der Waals surface area contributed by atoms with Crippen LogP contribution in [0.2, 0.25) is 5.02 Å². The molecule has 2 heterocycles. The van der Waals surface area contributed by atoms with E-state index in [-0.39, 0.29) is 0 Å². The lowest BCUT2D eigenvalue weighted by molar-refractivity contribution is 0.0980. The fourth-order valence-corrected chi connectivity index (χ4v) is 5.01. The third kappa shape index (κ3) is 3.05. The van der Waals surface area contributed by atoms with E-state index in [0.29, 0.717) is 17.4 Å². The van der Waals surface area contributed by atoms with Crippen LogP contribution in [0.5, 0.6) is 0 Å². The zero-order chi connectivity index (χ0) is 14.2. The quantitative estimate of drug-likeness (QED) is 0.772. The normalized spacial score (nSPS) is 34.4. The Labute approximate surface area is 134 Å². The molecule has 0 bridgehead atoms. The van der Waals surface area contributed by atoms with Crippen LogP contribution >= 0.6 is 27.5 Å². The molecule has 1 aromatic heterocycles. The lowest BCUT2D eigenvalue weighted by Gasteiger charge is -2.46. The molecule has 1 saturated heterocycles. The largest absolute Gasteiger partial charge is 0.314 e. The Balaban J connectivity index is 1.81. The van der Waals surface area contributed by atoms with Crippen LogP contribution in [0.15, 0.2) is 16.7 Å². The van der Waals surface area contributed by atoms with E-state index >= 15 is 0 Å². The molecule has 0 radical (unpaired) electrons. The van der Waals surface area contributed by atoms with Crippen molar-refractivity contribution in [3.05, 3.63) is 27.5 Å². The Morgan fingerprint density at radius 1 is 1.40 bits per heavy atom. The van der Waals surface area contributed by atoms with Gasteiger partial charge in [-0.2, -0.15) is 0 Å². The first kappa shape index (κ1) is 14.8. The number of piperidine rings is 1. The van der Waals surface area contributed by atoms with Gasteiger partial charge in [0.05, 0.1) is 10.7 Å². The van der Waals surface area contributed by atoms with E-state index in [1.807, 2.05) is 12.3 Å². The van der Waals surface area contributed by atoms with Gasteiger partial charge < -0.3 is 5.32 Å². The van der Waals surface area contributed by atoms with Crippen LogP contribution in [-0.2, 0) is 0 Å². The van der Waals surface area contributed by atoms with Gasteiger partial charge in [-0.1, -0.05) is 18.0 Å². The second kappa shape index (κ2) is 5.94. The Morgan fingerprint density at radius 3 is 3.00 bits per heavy atom. The lowest BCUT2D eigenvalue weighted by atomic mass is 9.63. The molecule has 2 nitrogen and oxygen atoms in total. The molecule has 4 heteroatoms. The molecule has 1 aliphatic heterocycles. The molecule has 2 fully saturated rings. The molecule has 0 amide bonds. The molecular formula is C16H22BrClN2. The van der Waals surface area contributed by atoms with Gasteiger partial charge in [-0.3, -0.25) is 4.98 Å². The Kier molecular flexibility index (Phi) is 4.40. The highest BCUT2D eigenvalue weighted by Gasteiger charge is 2.40. The summed E-state index contributed by atoms with van der Waals surface area (Å²) < 4.78 is 0.965. The van der Waals surface area contributed by atoms with Gasteiger partial charge in [0.25, 0.3) is 0 Å². The van der Waals surface area contributed by atoms with E-state index in [9.17, 15) is 0 Å². The average Bonchev–Trinajstić information content (AvgIpc) is 2.38. The van der Waals surface area contributed by atoms with Gasteiger partial charge in [0, 0.05) is 22.6 Å². The zero-order valence-electron chi connectivity index (χ0n) is 12.0. The molecular weight excluding hydrogens is 336 g/mol. The Bertz CT molecular complexity index is 489. The maximum Gasteiger partial charge on any atom is 0.0635 e. The SMILES string of the molecule is CC1CC2(CCCC(c3ncc(Br)cc3Cl)C2)CCN1. The fraction of sp³-hybridized carbons (Fsp3) is 0.688. The maximum absolute atomic E-state index is 6.41. The number of rotatable bonds is 1. The molecule has 3 atom stereocenters. The molecule has 1 saturated carbocycles. The second-order valence-electron chi connectivity index (χ2n) is 6.62. The second-order valence-corrected chi connectivity index (χ2v) is 7.95. The topological polar surface area (TPSA) is 24.9 Å². The molecule has 3 rings (SSSR count). The summed E-state index contributed by atoms with van der Waals surface area (Å²) >= 11 is 9.86. The smallest absolute Gasteiger partial charge is 0.0635 e. The predicted molar refractivity (Wildman–Crippen MR) is 87.3 cm³/mol. The van der Waals surface area contributed by atoms with E-state index in [1.165, 1.54) is 38.5 Å². The van der Waals surface area contributed by atoms with E-state index < -0.39 is 0 Å². The summed E-state index contributed by atoms with van der Waals surface area (Å²) in [4.78, 5) is 4.60. The number of nitrogens with one attached hydrogen (secondary N) is 1. The molecule has 1 aliphatic carbocycles. The van der Waals surface area contributed by atoms with Crippen molar-refractivity contribution < 1.29 is 0 Å². The molecule has 1 aromatic rings. The summed E-state index contributed by atoms with van der Waals surface area (Å²) in [6.45, 7) is 3.48. The van der Waals surface area contributed by atoms with Crippen molar-refractivity contribution in [3.8, 4) is 0 Å². The number of pyridine rings is 1. The van der Waals surface area contributed by atoms with Gasteiger partial charge in [0.15, 0.2) is 0 Å². The van der Waals surface area contributed by atoms with Crippen LogP contribution in [0.3, 0.4) is 0 Å². The van der Waals surface area contributed by atoms with Gasteiger partial charge in [-0.25, -0.2) is 0 Å². The van der Waals surface area contributed by atoms with E-state index in [1.54, 1.807) is 0 Å². The number of halogens is 2. The van der Waals surface area contributed by atoms with E-state index in [0.717, 1.165) is 21.7 Å². The first-order valence-corrected chi connectivity index (χ1v) is 8.79. The van der Waals surface area contributed by atoms with Crippen LogP contribution in [0.4, 0.5) is 0 Å². The summed E-state index contributed by atoms with van der Waals surface area (Å²) in [5.41, 5.74) is 1.63. The Hall–Kier alpha value is -0.120. The zero-order valence-corrected chi connectivity index (χ0v) is 14.3. The highest BCUT2D eigenvalue weighted by molar-refractivity contribution is 9.10. The third-order valence-corrected chi connectivity index (χ3v) is 5.79. The highest BCUT2D eigenvalue weighted by Crippen LogP contribution is 2.50. The first-order valence-electron chi connectivity index (χ1n) is 7.62. The van der Waals surface area contributed by atoms with Crippen LogP contribution in [0, 0.1) is 5.41 Å². The number of aromatic nitrogens is 1. The van der Waals surface area contributed by atoms with Crippen LogP contribution in [0.25, 0.3) is 0 Å². The van der Waals surface area contributed by atoms with Crippen LogP contribution in [0.1, 0.15) is 57.1 Å². The van der Waals surface area contributed by atoms with Crippen LogP contribution in [-0.4, -0.2) is 17.6 Å². The molecule has 1 spiro atoms. The standard InChI is InChI=1S/C16H22BrClN2/c1-11-8-16(5-6-19-11)4-2-3-12(9-16)15-14(18)7-13(17)10-20-15/h7,10-12,19H,2-6,8-9H2,1H3. The molecule has 3 unspecified atom stereocenters. The summed E-state index contributed by atoms with van der Waals surface area (Å²) in [6, 6.07) is 2.63. The molecule has 110 valence electrons. The van der Waals surface area contributed by atoms with Gasteiger partial charge >= 0.3 is 0 Å². The minimum Gasteiger partial charge on any atom is -0.314 e. The molecule has 1 N–H and O–H groups in total. The number of hydrogen-bond donors (Lipinski definition) is 1. The monoisotopic (exact) mass is 356 g/mol. The Morgan fingerprint density at radius 2 is 2.25 bits per heavy atom. The van der Waals surface area contributed by atoms with Crippen LogP contribution < -0.4 is 5.32 Å². The van der Waals surface area contributed by atoms with Crippen molar-refractivity contribution in [2.45, 2.75) is 57.4 Å². The van der Waals surface area contributed by atoms with Gasteiger partial charge in [0.2, 0.25) is 0 Å². The van der Waals surface area contributed by atoms with Crippen molar-refractivity contribution in [2.24, 2.45) is 5.41 Å². The van der Waals surface area contributed by atoms with Crippen molar-refractivity contribution in [1.29, 1.82) is 0 Å². The fourth-order valence-electron chi connectivity index (χ4n) is 4.23. The molecule has 2 aliphatic rings. The van der Waals surface area contributed by atoms with Crippen molar-refractivity contribution in [1.82, 2.24) is 10.3 Å². The minimum atomic E-state index is 0.520. The van der Waals surface area contributed by atoms with Gasteiger partial charge in [-0.15, -0.1) is 0 Å².